The number of rotatable bonds is 0. The van der Waals surface area contributed by atoms with Crippen molar-refractivity contribution in [1.29, 1.82) is 0 Å². The smallest absolute Gasteiger partial charge is 0.137 e. The fourth-order valence-corrected chi connectivity index (χ4v) is 1.40. The van der Waals surface area contributed by atoms with Gasteiger partial charge in [-0.1, -0.05) is 0 Å². The molecule has 0 aromatic heterocycles. The van der Waals surface area contributed by atoms with Crippen molar-refractivity contribution < 1.29 is 4.74 Å². The van der Waals surface area contributed by atoms with Gasteiger partial charge >= 0.3 is 0 Å². The zero-order valence-corrected chi connectivity index (χ0v) is 5.13. The summed E-state index contributed by atoms with van der Waals surface area (Å²) in [6, 6.07) is 0. The Kier molecular flexibility index (Phi) is 0.866. The fourth-order valence-electron chi connectivity index (χ4n) is 1.40. The topological polar surface area (TPSA) is 15.8 Å². The van der Waals surface area contributed by atoms with E-state index >= 15 is 0 Å². The molecule has 0 radical (unpaired) electrons. The van der Waals surface area contributed by atoms with Gasteiger partial charge in [0, 0.05) is 6.54 Å². The van der Waals surface area contributed by atoms with Crippen molar-refractivity contribution in [2.24, 2.45) is 0 Å². The minimum Gasteiger partial charge on any atom is -0.353 e. The predicted octanol–water partition coefficient (Wildman–Crippen LogP) is 0.437. The van der Waals surface area contributed by atoms with E-state index in [0.717, 1.165) is 0 Å². The summed E-state index contributed by atoms with van der Waals surface area (Å²) in [4.78, 5) is 2.29. The van der Waals surface area contributed by atoms with Crippen LogP contribution in [0.4, 0.5) is 0 Å². The van der Waals surface area contributed by atoms with E-state index in [-0.39, 0.29) is 0 Å². The van der Waals surface area contributed by atoms with Gasteiger partial charge in [0.2, 0.25) is 0 Å². The van der Waals surface area contributed by atoms with E-state index in [2.05, 4.69) is 11.9 Å². The molecule has 2 unspecified atom stereocenters. The normalized spacial score (nSPS) is 46.1. The number of nitrogens with zero attached hydrogens (tertiary/aromatic N) is 1. The first-order valence-corrected chi connectivity index (χ1v) is 3.23. The Bertz CT molecular complexity index is 105. The molecule has 0 spiro atoms. The Morgan fingerprint density at radius 2 is 2.50 bits per heavy atom. The van der Waals surface area contributed by atoms with Crippen LogP contribution in [0.3, 0.4) is 0 Å². The highest BCUT2D eigenvalue weighted by atomic mass is 16.6. The quantitative estimate of drug-likeness (QED) is 0.423. The molecule has 2 aliphatic rings. The largest absolute Gasteiger partial charge is 0.353 e. The van der Waals surface area contributed by atoms with Gasteiger partial charge in [0.1, 0.15) is 6.23 Å². The molecule has 0 bridgehead atoms. The summed E-state index contributed by atoms with van der Waals surface area (Å²) in [6.45, 7) is 1.22. The second kappa shape index (κ2) is 1.45. The van der Waals surface area contributed by atoms with E-state index < -0.39 is 0 Å². The van der Waals surface area contributed by atoms with Gasteiger partial charge in [-0.25, -0.2) is 0 Å². The average molecular weight is 113 g/mol. The molecule has 0 saturated carbocycles. The first kappa shape index (κ1) is 4.77. The number of hydrogen-bond donors (Lipinski definition) is 0. The Labute approximate surface area is 49.4 Å². The number of fused-ring (bicyclic) bond motifs is 1. The number of likely N-dealkylation sites (N-methyl/N-ethyl adjacent to an activating group) is 1. The molecule has 0 aromatic rings. The highest BCUT2D eigenvalue weighted by Crippen LogP contribution is 2.32. The summed E-state index contributed by atoms with van der Waals surface area (Å²) in [7, 11) is 2.13. The fraction of sp³-hybridized carbons (Fsp3) is 1.00. The average Bonchev–Trinajstić information content (AvgIpc) is 2.45. The van der Waals surface area contributed by atoms with Crippen molar-refractivity contribution >= 4 is 0 Å². The molecule has 0 aliphatic carbocycles. The number of ether oxygens (including phenoxy) is 1. The van der Waals surface area contributed by atoms with E-state index in [4.69, 9.17) is 4.74 Å². The Morgan fingerprint density at radius 3 is 3.12 bits per heavy atom. The molecule has 2 rings (SSSR count). The Morgan fingerprint density at radius 1 is 1.62 bits per heavy atom. The van der Waals surface area contributed by atoms with Crippen molar-refractivity contribution in [3.8, 4) is 0 Å². The van der Waals surface area contributed by atoms with E-state index in [0.29, 0.717) is 12.3 Å². The molecular formula is C6H11NO. The third-order valence-corrected chi connectivity index (χ3v) is 1.99. The lowest BCUT2D eigenvalue weighted by Gasteiger charge is -2.16. The van der Waals surface area contributed by atoms with Crippen molar-refractivity contribution in [2.75, 3.05) is 13.6 Å². The first-order chi connectivity index (χ1) is 3.88. The zero-order valence-electron chi connectivity index (χ0n) is 5.13. The molecule has 2 saturated heterocycles. The van der Waals surface area contributed by atoms with Gasteiger partial charge in [0.15, 0.2) is 0 Å². The molecule has 2 atom stereocenters. The molecule has 0 aromatic carbocycles. The van der Waals surface area contributed by atoms with Crippen LogP contribution in [-0.4, -0.2) is 30.8 Å². The van der Waals surface area contributed by atoms with Gasteiger partial charge in [0.25, 0.3) is 0 Å². The third kappa shape index (κ3) is 0.565. The SMILES string of the molecule is CN1CCCC2OC21. The van der Waals surface area contributed by atoms with E-state index in [1.54, 1.807) is 0 Å². The lowest BCUT2D eigenvalue weighted by Crippen LogP contribution is -2.28. The summed E-state index contributed by atoms with van der Waals surface area (Å²) in [5.41, 5.74) is 0. The second-order valence-corrected chi connectivity index (χ2v) is 2.69. The highest BCUT2D eigenvalue weighted by molar-refractivity contribution is 4.87. The molecule has 8 heavy (non-hydrogen) atoms. The van der Waals surface area contributed by atoms with Gasteiger partial charge in [-0.3, -0.25) is 4.90 Å². The molecule has 2 aliphatic heterocycles. The first-order valence-electron chi connectivity index (χ1n) is 3.23. The zero-order chi connectivity index (χ0) is 5.56. The molecule has 0 N–H and O–H groups in total. The Hall–Kier alpha value is -0.0800. The van der Waals surface area contributed by atoms with Crippen LogP contribution in [-0.2, 0) is 4.74 Å². The van der Waals surface area contributed by atoms with Gasteiger partial charge < -0.3 is 4.74 Å². The maximum absolute atomic E-state index is 5.32. The molecule has 2 heteroatoms. The monoisotopic (exact) mass is 113 g/mol. The van der Waals surface area contributed by atoms with Gasteiger partial charge in [-0.2, -0.15) is 0 Å². The molecule has 2 nitrogen and oxygen atoms in total. The minimum absolute atomic E-state index is 0.503. The summed E-state index contributed by atoms with van der Waals surface area (Å²) in [5, 5.41) is 0. The number of likely N-dealkylation sites (tertiary alicyclic amines) is 1. The minimum atomic E-state index is 0.503. The van der Waals surface area contributed by atoms with Gasteiger partial charge in [-0.15, -0.1) is 0 Å². The lowest BCUT2D eigenvalue weighted by molar-refractivity contribution is 0.215. The summed E-state index contributed by atoms with van der Waals surface area (Å²) < 4.78 is 5.32. The van der Waals surface area contributed by atoms with Gasteiger partial charge in [-0.05, 0) is 19.9 Å². The van der Waals surface area contributed by atoms with Crippen LogP contribution in [0.2, 0.25) is 0 Å². The summed E-state index contributed by atoms with van der Waals surface area (Å²) >= 11 is 0. The molecule has 0 amide bonds. The highest BCUT2D eigenvalue weighted by Gasteiger charge is 2.43. The van der Waals surface area contributed by atoms with Crippen LogP contribution in [0.25, 0.3) is 0 Å². The Balaban J connectivity index is 1.99. The van der Waals surface area contributed by atoms with E-state index in [1.807, 2.05) is 0 Å². The van der Waals surface area contributed by atoms with Crippen molar-refractivity contribution in [3.05, 3.63) is 0 Å². The number of hydrogen-bond acceptors (Lipinski definition) is 2. The van der Waals surface area contributed by atoms with Crippen LogP contribution >= 0.6 is 0 Å². The van der Waals surface area contributed by atoms with Gasteiger partial charge in [0.05, 0.1) is 6.10 Å². The van der Waals surface area contributed by atoms with Crippen LogP contribution in [0.15, 0.2) is 0 Å². The third-order valence-electron chi connectivity index (χ3n) is 1.99. The lowest BCUT2D eigenvalue weighted by atomic mass is 10.1. The maximum Gasteiger partial charge on any atom is 0.137 e. The number of piperidine rings is 1. The van der Waals surface area contributed by atoms with Crippen LogP contribution in [0, 0.1) is 0 Å². The molecular weight excluding hydrogens is 102 g/mol. The summed E-state index contributed by atoms with van der Waals surface area (Å²) in [5.74, 6) is 0. The second-order valence-electron chi connectivity index (χ2n) is 2.69. The van der Waals surface area contributed by atoms with E-state index in [9.17, 15) is 0 Å². The molecule has 2 heterocycles. The van der Waals surface area contributed by atoms with Crippen LogP contribution < -0.4 is 0 Å². The van der Waals surface area contributed by atoms with Crippen LogP contribution in [0.1, 0.15) is 12.8 Å². The van der Waals surface area contributed by atoms with Crippen LogP contribution in [0.5, 0.6) is 0 Å². The predicted molar refractivity (Wildman–Crippen MR) is 30.5 cm³/mol. The maximum atomic E-state index is 5.32. The molecule has 46 valence electrons. The summed E-state index contributed by atoms with van der Waals surface area (Å²) in [6.07, 6.45) is 3.71. The van der Waals surface area contributed by atoms with E-state index in [1.165, 1.54) is 19.4 Å². The number of epoxide rings is 1. The standard InChI is InChI=1S/C6H11NO/c1-7-4-2-3-5-6(7)8-5/h5-6H,2-4H2,1H3. The molecule has 2 fully saturated rings. The van der Waals surface area contributed by atoms with Crippen molar-refractivity contribution in [2.45, 2.75) is 25.2 Å². The van der Waals surface area contributed by atoms with Crippen molar-refractivity contribution in [1.82, 2.24) is 4.90 Å². The van der Waals surface area contributed by atoms with Crippen molar-refractivity contribution in [3.63, 3.8) is 0 Å².